The van der Waals surface area contributed by atoms with E-state index in [1.165, 1.54) is 12.1 Å². The smallest absolute Gasteiger partial charge is 0.195 e. The molecule has 2 aromatic carbocycles. The first-order chi connectivity index (χ1) is 9.70. The lowest BCUT2D eigenvalue weighted by Gasteiger charge is -2.18. The predicted octanol–water partition coefficient (Wildman–Crippen LogP) is 4.70. The van der Waals surface area contributed by atoms with Gasteiger partial charge in [0.05, 0.1) is 10.6 Å². The van der Waals surface area contributed by atoms with Gasteiger partial charge in [0.2, 0.25) is 0 Å². The van der Waals surface area contributed by atoms with Crippen LogP contribution in [-0.2, 0) is 5.60 Å². The fourth-order valence-corrected chi connectivity index (χ4v) is 2.71. The number of hydrogen-bond donors (Lipinski definition) is 1. The molecule has 0 unspecified atom stereocenters. The molecule has 2 aromatic rings. The van der Waals surface area contributed by atoms with E-state index in [1.54, 1.807) is 32.0 Å². The van der Waals surface area contributed by atoms with Gasteiger partial charge in [0, 0.05) is 15.6 Å². The molecule has 2 rings (SSSR count). The van der Waals surface area contributed by atoms with Gasteiger partial charge in [-0.25, -0.2) is 4.39 Å². The average Bonchev–Trinajstić information content (AvgIpc) is 2.36. The van der Waals surface area contributed by atoms with Crippen molar-refractivity contribution in [3.8, 4) is 0 Å². The molecule has 0 radical (unpaired) electrons. The van der Waals surface area contributed by atoms with Crippen LogP contribution in [0.3, 0.4) is 0 Å². The number of carbonyl (C=O) groups is 1. The van der Waals surface area contributed by atoms with E-state index in [2.05, 4.69) is 15.9 Å². The summed E-state index contributed by atoms with van der Waals surface area (Å²) in [6.07, 6.45) is 0. The van der Waals surface area contributed by atoms with Crippen LogP contribution in [0, 0.1) is 5.82 Å². The highest BCUT2D eigenvalue weighted by atomic mass is 79.9. The van der Waals surface area contributed by atoms with Gasteiger partial charge >= 0.3 is 0 Å². The molecule has 0 aromatic heterocycles. The molecule has 0 amide bonds. The normalized spacial score (nSPS) is 11.5. The zero-order valence-electron chi connectivity index (χ0n) is 11.5. The third-order valence-electron chi connectivity index (χ3n) is 3.10. The Hall–Kier alpha value is -1.23. The van der Waals surface area contributed by atoms with Crippen LogP contribution in [0.5, 0.6) is 0 Å². The summed E-state index contributed by atoms with van der Waals surface area (Å²) in [6, 6.07) is 8.63. The molecule has 1 N–H and O–H groups in total. The molecule has 0 fully saturated rings. The van der Waals surface area contributed by atoms with Gasteiger partial charge in [0.1, 0.15) is 5.82 Å². The molecule has 0 heterocycles. The Morgan fingerprint density at radius 3 is 2.33 bits per heavy atom. The molecule has 0 spiro atoms. The molecule has 2 nitrogen and oxygen atoms in total. The second-order valence-electron chi connectivity index (χ2n) is 5.21. The maximum atomic E-state index is 13.0. The highest BCUT2D eigenvalue weighted by Gasteiger charge is 2.20. The summed E-state index contributed by atoms with van der Waals surface area (Å²) in [5.41, 5.74) is 0.305. The summed E-state index contributed by atoms with van der Waals surface area (Å²) in [7, 11) is 0. The van der Waals surface area contributed by atoms with Gasteiger partial charge in [-0.05, 0) is 49.7 Å². The standard InChI is InChI=1S/C16H13BrClFO2/c1-16(2,21)9-3-5-11(13(17)7-9)15(20)12-6-4-10(19)8-14(12)18/h3-8,21H,1-2H3. The highest BCUT2D eigenvalue weighted by Crippen LogP contribution is 2.29. The van der Waals surface area contributed by atoms with Crippen molar-refractivity contribution in [1.82, 2.24) is 0 Å². The molecule has 5 heteroatoms. The van der Waals surface area contributed by atoms with E-state index in [0.29, 0.717) is 15.6 Å². The lowest BCUT2D eigenvalue weighted by Crippen LogP contribution is -2.16. The van der Waals surface area contributed by atoms with Crippen molar-refractivity contribution in [2.45, 2.75) is 19.4 Å². The van der Waals surface area contributed by atoms with Crippen LogP contribution in [0.1, 0.15) is 35.3 Å². The van der Waals surface area contributed by atoms with E-state index in [4.69, 9.17) is 11.6 Å². The second kappa shape index (κ2) is 5.87. The Morgan fingerprint density at radius 1 is 1.19 bits per heavy atom. The van der Waals surface area contributed by atoms with E-state index in [-0.39, 0.29) is 16.4 Å². The van der Waals surface area contributed by atoms with Crippen LogP contribution in [0.25, 0.3) is 0 Å². The first-order valence-electron chi connectivity index (χ1n) is 6.22. The Labute approximate surface area is 135 Å². The number of carbonyl (C=O) groups excluding carboxylic acids is 1. The van der Waals surface area contributed by atoms with Crippen LogP contribution in [0.2, 0.25) is 5.02 Å². The molecule has 0 atom stereocenters. The van der Waals surface area contributed by atoms with Crippen LogP contribution >= 0.6 is 27.5 Å². The first-order valence-corrected chi connectivity index (χ1v) is 7.39. The lowest BCUT2D eigenvalue weighted by atomic mass is 9.95. The molecular formula is C16H13BrClFO2. The van der Waals surface area contributed by atoms with E-state index < -0.39 is 11.4 Å². The Kier molecular flexibility index (Phi) is 4.51. The van der Waals surface area contributed by atoms with Crippen molar-refractivity contribution >= 4 is 33.3 Å². The molecule has 0 aliphatic carbocycles. The fourth-order valence-electron chi connectivity index (χ4n) is 1.90. The number of hydrogen-bond acceptors (Lipinski definition) is 2. The predicted molar refractivity (Wildman–Crippen MR) is 84.2 cm³/mol. The number of ketones is 1. The minimum absolute atomic E-state index is 0.0680. The Balaban J connectivity index is 2.45. The van der Waals surface area contributed by atoms with Crippen molar-refractivity contribution < 1.29 is 14.3 Å². The summed E-state index contributed by atoms with van der Waals surface area (Å²) in [5, 5.41) is 10.0. The summed E-state index contributed by atoms with van der Waals surface area (Å²) in [5.74, 6) is -0.804. The summed E-state index contributed by atoms with van der Waals surface area (Å²) in [6.45, 7) is 3.32. The summed E-state index contributed by atoms with van der Waals surface area (Å²) in [4.78, 5) is 12.5. The van der Waals surface area contributed by atoms with Gasteiger partial charge in [0.15, 0.2) is 5.78 Å². The SMILES string of the molecule is CC(C)(O)c1ccc(C(=O)c2ccc(F)cc2Cl)c(Br)c1. The van der Waals surface area contributed by atoms with Gasteiger partial charge in [-0.3, -0.25) is 4.79 Å². The van der Waals surface area contributed by atoms with E-state index in [9.17, 15) is 14.3 Å². The van der Waals surface area contributed by atoms with E-state index in [1.807, 2.05) is 0 Å². The topological polar surface area (TPSA) is 37.3 Å². The third-order valence-corrected chi connectivity index (χ3v) is 4.06. The van der Waals surface area contributed by atoms with Crippen molar-refractivity contribution in [2.24, 2.45) is 0 Å². The molecule has 0 aliphatic rings. The van der Waals surface area contributed by atoms with Crippen molar-refractivity contribution in [3.05, 3.63) is 68.4 Å². The number of aliphatic hydroxyl groups is 1. The Morgan fingerprint density at radius 2 is 1.81 bits per heavy atom. The van der Waals surface area contributed by atoms with Crippen molar-refractivity contribution in [3.63, 3.8) is 0 Å². The van der Waals surface area contributed by atoms with Crippen molar-refractivity contribution in [2.75, 3.05) is 0 Å². The molecule has 0 saturated heterocycles. The zero-order valence-corrected chi connectivity index (χ0v) is 13.8. The van der Waals surface area contributed by atoms with Gasteiger partial charge in [0.25, 0.3) is 0 Å². The molecule has 0 aliphatic heterocycles. The quantitative estimate of drug-likeness (QED) is 0.794. The highest BCUT2D eigenvalue weighted by molar-refractivity contribution is 9.10. The van der Waals surface area contributed by atoms with Crippen LogP contribution < -0.4 is 0 Å². The Bertz CT molecular complexity index is 708. The molecular weight excluding hydrogens is 359 g/mol. The lowest BCUT2D eigenvalue weighted by molar-refractivity contribution is 0.0784. The van der Waals surface area contributed by atoms with Crippen molar-refractivity contribution in [1.29, 1.82) is 0 Å². The second-order valence-corrected chi connectivity index (χ2v) is 6.47. The van der Waals surface area contributed by atoms with Gasteiger partial charge < -0.3 is 5.11 Å². The van der Waals surface area contributed by atoms with E-state index in [0.717, 1.165) is 6.07 Å². The van der Waals surface area contributed by atoms with E-state index >= 15 is 0 Å². The first kappa shape index (κ1) is 16.1. The maximum Gasteiger partial charge on any atom is 0.195 e. The minimum Gasteiger partial charge on any atom is -0.386 e. The van der Waals surface area contributed by atoms with Crippen LogP contribution in [-0.4, -0.2) is 10.9 Å². The summed E-state index contributed by atoms with van der Waals surface area (Å²) >= 11 is 9.24. The third kappa shape index (κ3) is 3.51. The molecule has 0 saturated carbocycles. The van der Waals surface area contributed by atoms with Crippen LogP contribution in [0.4, 0.5) is 4.39 Å². The van der Waals surface area contributed by atoms with Crippen LogP contribution in [0.15, 0.2) is 40.9 Å². The minimum atomic E-state index is -1.00. The van der Waals surface area contributed by atoms with Gasteiger partial charge in [-0.2, -0.15) is 0 Å². The number of rotatable bonds is 3. The zero-order chi connectivity index (χ0) is 15.8. The molecule has 21 heavy (non-hydrogen) atoms. The van der Waals surface area contributed by atoms with Gasteiger partial charge in [-0.1, -0.05) is 33.6 Å². The van der Waals surface area contributed by atoms with Gasteiger partial charge in [-0.15, -0.1) is 0 Å². The largest absolute Gasteiger partial charge is 0.386 e. The average molecular weight is 372 g/mol. The fraction of sp³-hybridized carbons (Fsp3) is 0.188. The molecule has 110 valence electrons. The summed E-state index contributed by atoms with van der Waals surface area (Å²) < 4.78 is 13.6. The number of halogens is 3. The monoisotopic (exact) mass is 370 g/mol. The number of benzene rings is 2. The molecule has 0 bridgehead atoms. The maximum absolute atomic E-state index is 13.0.